The summed E-state index contributed by atoms with van der Waals surface area (Å²) >= 11 is 2.00. The number of phosphoric acid groups is 3. The highest BCUT2D eigenvalue weighted by Crippen LogP contribution is 2.61. The number of hydrogen-bond acceptors (Lipinski definition) is 21. The Labute approximate surface area is 337 Å². The number of fused-ring (bicyclic) bond motifs is 1. The van der Waals surface area contributed by atoms with Crippen LogP contribution in [-0.2, 0) is 55.5 Å². The first-order valence-electron chi connectivity index (χ1n) is 16.5. The Hall–Kier alpha value is -2.66. The van der Waals surface area contributed by atoms with Crippen LogP contribution in [-0.4, -0.2) is 146 Å². The summed E-state index contributed by atoms with van der Waals surface area (Å²) in [6.07, 6.45) is -7.08. The molecular formula is C26H44N9O18P3S2. The molecule has 2 aromatic rings. The lowest BCUT2D eigenvalue weighted by atomic mass is 9.87. The second-order valence-corrected chi connectivity index (χ2v) is 19.2. The Morgan fingerprint density at radius 3 is 2.38 bits per heavy atom. The number of nitrogens with zero attached hydrogens (tertiary/aromatic N) is 4. The molecule has 32 heteroatoms. The van der Waals surface area contributed by atoms with Gasteiger partial charge in [-0.3, -0.25) is 37.3 Å². The molecule has 27 nitrogen and oxygen atoms in total. The van der Waals surface area contributed by atoms with Gasteiger partial charge in [0, 0.05) is 36.4 Å². The molecule has 3 heterocycles. The van der Waals surface area contributed by atoms with Gasteiger partial charge in [-0.2, -0.15) is 4.31 Å². The van der Waals surface area contributed by atoms with Crippen molar-refractivity contribution in [3.63, 3.8) is 0 Å². The third kappa shape index (κ3) is 15.4. The topological polar surface area (TPSA) is 433 Å². The van der Waals surface area contributed by atoms with Crippen molar-refractivity contribution in [1.82, 2.24) is 30.2 Å². The van der Waals surface area contributed by atoms with Crippen molar-refractivity contribution in [2.24, 2.45) is 16.9 Å². The van der Waals surface area contributed by atoms with E-state index < -0.39 is 96.5 Å². The third-order valence-electron chi connectivity index (χ3n) is 7.59. The minimum atomic E-state index is -5.59. The van der Waals surface area contributed by atoms with Crippen molar-refractivity contribution in [2.75, 3.05) is 49.3 Å². The van der Waals surface area contributed by atoms with Gasteiger partial charge in [-0.05, 0) is 0 Å². The Bertz CT molecular complexity index is 1920. The van der Waals surface area contributed by atoms with Crippen LogP contribution >= 0.6 is 47.0 Å². The number of aromatic nitrogens is 4. The molecule has 0 saturated carbocycles. The van der Waals surface area contributed by atoms with Gasteiger partial charge in [0.15, 0.2) is 17.7 Å². The Kier molecular flexibility index (Phi) is 18.2. The Balaban J connectivity index is 1.46. The van der Waals surface area contributed by atoms with Crippen LogP contribution in [0.25, 0.3) is 11.2 Å². The number of primary amides is 1. The summed E-state index contributed by atoms with van der Waals surface area (Å²) in [6, 6.07) is -0.831. The zero-order chi connectivity index (χ0) is 43.6. The number of nitrogens with one attached hydrogen (secondary N) is 2. The number of imidazole rings is 1. The quantitative estimate of drug-likeness (QED) is 0.0374. The van der Waals surface area contributed by atoms with E-state index in [2.05, 4.69) is 34.4 Å². The van der Waals surface area contributed by atoms with Gasteiger partial charge in [0.1, 0.15) is 36.3 Å². The van der Waals surface area contributed by atoms with Crippen LogP contribution < -0.4 is 27.8 Å². The van der Waals surface area contributed by atoms with Crippen LogP contribution in [0.3, 0.4) is 0 Å². The van der Waals surface area contributed by atoms with E-state index >= 15 is 0 Å². The fourth-order valence-corrected chi connectivity index (χ4v) is 9.10. The van der Waals surface area contributed by atoms with Gasteiger partial charge in [0.25, 0.3) is 0 Å². The van der Waals surface area contributed by atoms with Gasteiger partial charge in [-0.25, -0.2) is 28.6 Å². The van der Waals surface area contributed by atoms with E-state index in [4.69, 9.17) is 31.0 Å². The summed E-state index contributed by atoms with van der Waals surface area (Å²) in [5.41, 5.74) is 15.0. The molecule has 0 aliphatic carbocycles. The smallest absolute Gasteiger partial charge is 0.386 e. The molecule has 328 valence electrons. The van der Waals surface area contributed by atoms with Gasteiger partial charge < -0.3 is 62.4 Å². The van der Waals surface area contributed by atoms with Gasteiger partial charge in [0.2, 0.25) is 22.8 Å². The van der Waals surface area contributed by atoms with Crippen LogP contribution in [0.5, 0.6) is 0 Å². The molecular weight excluding hydrogens is 883 g/mol. The van der Waals surface area contributed by atoms with Gasteiger partial charge in [-0.1, -0.05) is 25.6 Å². The number of aliphatic hydroxyl groups is 2. The van der Waals surface area contributed by atoms with Crippen molar-refractivity contribution >= 4 is 86.8 Å². The number of carbonyl (C=O) groups excluding carboxylic acids is 4. The van der Waals surface area contributed by atoms with Crippen LogP contribution in [0, 0.1) is 5.41 Å². The number of hydrogen-bond donors (Lipinski definition) is 11. The lowest BCUT2D eigenvalue weighted by Gasteiger charge is -2.30. The first kappa shape index (κ1) is 49.7. The molecule has 0 aromatic carbocycles. The van der Waals surface area contributed by atoms with E-state index in [1.54, 1.807) is 0 Å². The molecule has 0 spiro atoms. The first-order chi connectivity index (χ1) is 26.8. The fourth-order valence-electron chi connectivity index (χ4n) is 4.74. The fraction of sp³-hybridized carbons (Fsp3) is 0.654. The molecule has 3 rings (SSSR count). The molecule has 8 unspecified atom stereocenters. The van der Waals surface area contributed by atoms with Crippen LogP contribution in [0.2, 0.25) is 0 Å². The van der Waals surface area contributed by atoms with E-state index in [9.17, 15) is 62.7 Å². The summed E-state index contributed by atoms with van der Waals surface area (Å²) in [5, 5.41) is 25.9. The molecule has 0 bridgehead atoms. The monoisotopic (exact) mass is 927 g/mol. The zero-order valence-corrected chi connectivity index (χ0v) is 34.9. The molecule has 1 aliphatic heterocycles. The zero-order valence-electron chi connectivity index (χ0n) is 30.5. The second-order valence-electron chi connectivity index (χ2n) is 12.8. The molecule has 1 fully saturated rings. The normalized spacial score (nSPS) is 21.8. The summed E-state index contributed by atoms with van der Waals surface area (Å²) in [5.74, 6) is -1.70. The van der Waals surface area contributed by atoms with Crippen LogP contribution in [0.1, 0.15) is 26.5 Å². The first-order valence-corrected chi connectivity index (χ1v) is 23.2. The molecule has 3 amide bonds. The van der Waals surface area contributed by atoms with E-state index in [-0.39, 0.29) is 58.9 Å². The summed E-state index contributed by atoms with van der Waals surface area (Å²) in [6.45, 7) is 0.237. The van der Waals surface area contributed by atoms with Crippen molar-refractivity contribution in [2.45, 2.75) is 57.0 Å². The maximum Gasteiger partial charge on any atom is 0.481 e. The molecule has 58 heavy (non-hydrogen) atoms. The van der Waals surface area contributed by atoms with Crippen LogP contribution in [0.4, 0.5) is 5.82 Å². The standard InChI is InChI=1S/C26H44N9O18P3S2/c1-26(2,20(39)23(40)31-4-3-16(37)30-5-6-58-25(41)13(27)8-57-9-15(28)36)10-50-56(47,48)53-55(45,46)49-7-14-19(52-54(42,43)44)18(38)24(51-14)35-12-34-17-21(29)32-11-33-22(17)35/h11-14,18-20,24,38-39H,3-10,27H2,1-2H3,(H2,28,36)(H,30,37)(H,31,40)(H,45,46)(H,47,48)(H2,29,32,33)(H2,42,43,44). The number of phosphoric ester groups is 3. The van der Waals surface area contributed by atoms with Crippen molar-refractivity contribution < 1.29 is 85.3 Å². The number of rotatable bonds is 24. The van der Waals surface area contributed by atoms with Gasteiger partial charge in [0.05, 0.1) is 31.3 Å². The number of thioether (sulfide) groups is 2. The molecule has 1 saturated heterocycles. The molecule has 2 aromatic heterocycles. The summed E-state index contributed by atoms with van der Waals surface area (Å²) in [4.78, 5) is 98.4. The number of ether oxygens (including phenoxy) is 1. The maximum atomic E-state index is 12.7. The maximum absolute atomic E-state index is 12.7. The lowest BCUT2D eigenvalue weighted by Crippen LogP contribution is -2.46. The van der Waals surface area contributed by atoms with Crippen molar-refractivity contribution in [3.05, 3.63) is 12.7 Å². The number of aliphatic hydroxyl groups excluding tert-OH is 2. The van der Waals surface area contributed by atoms with Gasteiger partial charge >= 0.3 is 23.5 Å². The highest BCUT2D eigenvalue weighted by Gasteiger charge is 2.50. The predicted molar refractivity (Wildman–Crippen MR) is 202 cm³/mol. The minimum Gasteiger partial charge on any atom is -0.386 e. The number of amides is 3. The number of nitrogen functional groups attached to an aromatic ring is 1. The SMILES string of the molecule is CC(C)(COP(=O)(O)OP(=O)(O)OCC1OC(n2cnc3c(N)ncnc32)C(O)C1OP(=O)(O)O)C(O)C(=O)NCCC(=O)NCCSC(=O)C(N)CSCC(N)=O. The molecule has 0 radical (unpaired) electrons. The molecule has 14 N–H and O–H groups in total. The Morgan fingerprint density at radius 1 is 1.05 bits per heavy atom. The van der Waals surface area contributed by atoms with Gasteiger partial charge in [-0.15, -0.1) is 11.8 Å². The molecule has 8 atom stereocenters. The average Bonchev–Trinajstić information content (AvgIpc) is 3.67. The largest absolute Gasteiger partial charge is 0.481 e. The van der Waals surface area contributed by atoms with Crippen molar-refractivity contribution in [3.8, 4) is 0 Å². The number of carbonyl (C=O) groups is 4. The predicted octanol–water partition coefficient (Wildman–Crippen LogP) is -2.79. The lowest BCUT2D eigenvalue weighted by molar-refractivity contribution is -0.137. The molecule has 1 aliphatic rings. The third-order valence-corrected chi connectivity index (χ3v) is 12.8. The average molecular weight is 928 g/mol. The summed E-state index contributed by atoms with van der Waals surface area (Å²) in [7, 11) is -16.4. The minimum absolute atomic E-state index is 0.0203. The van der Waals surface area contributed by atoms with Crippen molar-refractivity contribution in [1.29, 1.82) is 0 Å². The number of nitrogens with two attached hydrogens (primary N) is 3. The Morgan fingerprint density at radius 2 is 1.72 bits per heavy atom. The van der Waals surface area contributed by atoms with E-state index in [1.165, 1.54) is 13.8 Å². The summed E-state index contributed by atoms with van der Waals surface area (Å²) < 4.78 is 62.0. The highest BCUT2D eigenvalue weighted by molar-refractivity contribution is 8.13. The second kappa shape index (κ2) is 21.2. The number of anilines is 1. The van der Waals surface area contributed by atoms with Crippen LogP contribution in [0.15, 0.2) is 12.7 Å². The van der Waals surface area contributed by atoms with E-state index in [0.29, 0.717) is 0 Å². The van der Waals surface area contributed by atoms with E-state index in [0.717, 1.165) is 40.7 Å². The highest BCUT2D eigenvalue weighted by atomic mass is 32.2. The van der Waals surface area contributed by atoms with E-state index in [1.807, 2.05) is 0 Å².